The summed E-state index contributed by atoms with van der Waals surface area (Å²) in [5, 5.41) is 23.8. The van der Waals surface area contributed by atoms with E-state index >= 15 is 0 Å². The second-order valence-electron chi connectivity index (χ2n) is 9.29. The maximum atomic E-state index is 13.5. The highest BCUT2D eigenvalue weighted by Crippen LogP contribution is 2.45. The summed E-state index contributed by atoms with van der Waals surface area (Å²) in [4.78, 5) is 6.00. The lowest BCUT2D eigenvalue weighted by Gasteiger charge is -2.35. The van der Waals surface area contributed by atoms with Gasteiger partial charge in [-0.3, -0.25) is 0 Å². The Balaban J connectivity index is 1.37. The summed E-state index contributed by atoms with van der Waals surface area (Å²) in [6.07, 6.45) is 0.0270. The molecule has 204 valence electrons. The van der Waals surface area contributed by atoms with Gasteiger partial charge in [0.2, 0.25) is 9.84 Å². The molecule has 0 amide bonds. The molecule has 0 radical (unpaired) electrons. The second-order valence-corrected chi connectivity index (χ2v) is 11.2. The Kier molecular flexibility index (Phi) is 7.53. The number of aromatic nitrogens is 4. The molecule has 4 aromatic rings. The number of aryl methyl sites for hydroxylation is 1. The van der Waals surface area contributed by atoms with Crippen molar-refractivity contribution in [2.75, 3.05) is 36.5 Å². The minimum Gasteiger partial charge on any atom is -0.497 e. The number of aliphatic hydroxyl groups excluding tert-OH is 1. The number of β-amino-alcohol motifs (C(OH)–C–C–N with tert-alkyl or cyclic N) is 1. The summed E-state index contributed by atoms with van der Waals surface area (Å²) in [5.41, 5.74) is 2.82. The third-order valence-corrected chi connectivity index (χ3v) is 8.80. The van der Waals surface area contributed by atoms with Gasteiger partial charge in [-0.05, 0) is 80.1 Å². The quantitative estimate of drug-likeness (QED) is 0.316. The van der Waals surface area contributed by atoms with Crippen molar-refractivity contribution in [1.29, 1.82) is 0 Å². The van der Waals surface area contributed by atoms with Gasteiger partial charge in [-0.2, -0.15) is 0 Å². The Bertz CT molecular complexity index is 1550. The average Bonchev–Trinajstić information content (AvgIpc) is 3.44. The summed E-state index contributed by atoms with van der Waals surface area (Å²) in [6.45, 7) is 5.94. The van der Waals surface area contributed by atoms with Crippen LogP contribution in [-0.4, -0.2) is 66.6 Å². The number of aliphatic hydroxyl groups is 1. The van der Waals surface area contributed by atoms with E-state index in [-0.39, 0.29) is 16.3 Å². The molecule has 1 aliphatic rings. The summed E-state index contributed by atoms with van der Waals surface area (Å²) in [7, 11) is -2.08. The fraction of sp³-hybridized carbons (Fsp3) is 0.321. The first-order valence-corrected chi connectivity index (χ1v) is 14.5. The van der Waals surface area contributed by atoms with Crippen molar-refractivity contribution in [2.24, 2.45) is 0 Å². The molecule has 11 heteroatoms. The molecule has 1 unspecified atom stereocenters. The highest BCUT2D eigenvalue weighted by Gasteiger charge is 2.35. The number of nitrogens with zero attached hydrogens (tertiary/aromatic N) is 6. The number of tetrazole rings is 1. The predicted molar refractivity (Wildman–Crippen MR) is 149 cm³/mol. The number of anilines is 3. The Hall–Kier alpha value is -3.96. The minimum atomic E-state index is -3.69. The van der Waals surface area contributed by atoms with Gasteiger partial charge in [0.15, 0.2) is 5.82 Å². The predicted octanol–water partition coefficient (Wildman–Crippen LogP) is 3.80. The van der Waals surface area contributed by atoms with E-state index in [2.05, 4.69) is 34.2 Å². The van der Waals surface area contributed by atoms with Crippen molar-refractivity contribution >= 4 is 26.9 Å². The Morgan fingerprint density at radius 1 is 0.974 bits per heavy atom. The molecule has 1 aliphatic heterocycles. The molecule has 3 aromatic carbocycles. The van der Waals surface area contributed by atoms with Gasteiger partial charge in [-0.15, -0.1) is 15.0 Å². The standard InChI is InChI=1S/C28H32N6O4S/c1-4-32(5-2)21-12-16-27-25(18-21)33(24-8-6-7-9-26(24)39(27,36)37)19-22(35)13-17-28-29-31-34(30-28)20-10-14-23(38-3)15-11-20/h6-12,14-16,18,22,35H,4-5,13,17,19H2,1-3H3. The highest BCUT2D eigenvalue weighted by atomic mass is 32.2. The van der Waals surface area contributed by atoms with Crippen molar-refractivity contribution in [3.8, 4) is 11.4 Å². The summed E-state index contributed by atoms with van der Waals surface area (Å²) >= 11 is 0. The topological polar surface area (TPSA) is 114 Å². The zero-order valence-corrected chi connectivity index (χ0v) is 23.0. The first-order chi connectivity index (χ1) is 18.8. The zero-order chi connectivity index (χ0) is 27.6. The average molecular weight is 549 g/mol. The first-order valence-electron chi connectivity index (χ1n) is 13.0. The van der Waals surface area contributed by atoms with Gasteiger partial charge in [0.1, 0.15) is 5.75 Å². The van der Waals surface area contributed by atoms with E-state index in [4.69, 9.17) is 4.74 Å². The van der Waals surface area contributed by atoms with Crippen molar-refractivity contribution in [3.63, 3.8) is 0 Å². The van der Waals surface area contributed by atoms with Crippen molar-refractivity contribution in [3.05, 3.63) is 72.6 Å². The number of rotatable bonds is 10. The van der Waals surface area contributed by atoms with Crippen LogP contribution < -0.4 is 14.5 Å². The van der Waals surface area contributed by atoms with Crippen LogP contribution >= 0.6 is 0 Å². The number of sulfone groups is 1. The third-order valence-electron chi connectivity index (χ3n) is 6.95. The molecule has 0 aliphatic carbocycles. The van der Waals surface area contributed by atoms with E-state index in [1.165, 1.54) is 4.80 Å². The van der Waals surface area contributed by atoms with Gasteiger partial charge in [0, 0.05) is 31.7 Å². The largest absolute Gasteiger partial charge is 0.497 e. The highest BCUT2D eigenvalue weighted by molar-refractivity contribution is 7.92. The fourth-order valence-electron chi connectivity index (χ4n) is 4.85. The van der Waals surface area contributed by atoms with Crippen LogP contribution in [0.5, 0.6) is 5.75 Å². The molecule has 1 aromatic heterocycles. The Morgan fingerprint density at radius 2 is 1.69 bits per heavy atom. The summed E-state index contributed by atoms with van der Waals surface area (Å²) in [6, 6.07) is 19.7. The lowest BCUT2D eigenvalue weighted by atomic mass is 10.1. The third kappa shape index (κ3) is 5.19. The second kappa shape index (κ2) is 11.0. The monoisotopic (exact) mass is 548 g/mol. The fourth-order valence-corrected chi connectivity index (χ4v) is 6.49. The SMILES string of the molecule is CCN(CC)c1ccc2c(c1)N(CC(O)CCc1nnn(-c3ccc(OC)cc3)n1)c1ccccc1S2(=O)=O. The maximum Gasteiger partial charge on any atom is 0.210 e. The number of benzene rings is 3. The van der Waals surface area contributed by atoms with Gasteiger partial charge in [0.05, 0.1) is 40.1 Å². The molecule has 39 heavy (non-hydrogen) atoms. The van der Waals surface area contributed by atoms with Crippen LogP contribution in [0.1, 0.15) is 26.1 Å². The molecular formula is C28H32N6O4S. The van der Waals surface area contributed by atoms with Crippen molar-refractivity contribution < 1.29 is 18.3 Å². The molecule has 0 bridgehead atoms. The number of hydrogen-bond donors (Lipinski definition) is 1. The molecule has 5 rings (SSSR count). The van der Waals surface area contributed by atoms with Crippen LogP contribution in [0.4, 0.5) is 17.1 Å². The number of fused-ring (bicyclic) bond motifs is 2. The van der Waals surface area contributed by atoms with Crippen LogP contribution in [0.15, 0.2) is 76.5 Å². The molecule has 0 spiro atoms. The molecule has 0 saturated heterocycles. The van der Waals surface area contributed by atoms with Crippen molar-refractivity contribution in [2.45, 2.75) is 42.6 Å². The summed E-state index contributed by atoms with van der Waals surface area (Å²) in [5.74, 6) is 1.25. The van der Waals surface area contributed by atoms with E-state index < -0.39 is 15.9 Å². The normalized spacial score (nSPS) is 14.4. The van der Waals surface area contributed by atoms with Gasteiger partial charge < -0.3 is 19.6 Å². The zero-order valence-electron chi connectivity index (χ0n) is 22.2. The lowest BCUT2D eigenvalue weighted by molar-refractivity contribution is 0.172. The molecule has 1 N–H and O–H groups in total. The smallest absolute Gasteiger partial charge is 0.210 e. The number of hydrogen-bond acceptors (Lipinski definition) is 9. The van der Waals surface area contributed by atoms with E-state index in [0.29, 0.717) is 30.0 Å². The molecule has 0 fully saturated rings. The van der Waals surface area contributed by atoms with Crippen LogP contribution in [0.2, 0.25) is 0 Å². The molecule has 10 nitrogen and oxygen atoms in total. The van der Waals surface area contributed by atoms with Crippen molar-refractivity contribution in [1.82, 2.24) is 20.2 Å². The van der Waals surface area contributed by atoms with Gasteiger partial charge >= 0.3 is 0 Å². The molecular weight excluding hydrogens is 516 g/mol. The number of para-hydroxylation sites is 1. The van der Waals surface area contributed by atoms with Gasteiger partial charge in [0.25, 0.3) is 0 Å². The first kappa shape index (κ1) is 26.6. The molecule has 2 heterocycles. The Morgan fingerprint density at radius 3 is 2.41 bits per heavy atom. The number of methoxy groups -OCH3 is 1. The van der Waals surface area contributed by atoms with Crippen LogP contribution in [0, 0.1) is 0 Å². The van der Waals surface area contributed by atoms with E-state index in [0.717, 1.165) is 30.2 Å². The van der Waals surface area contributed by atoms with Gasteiger partial charge in [-0.1, -0.05) is 12.1 Å². The number of ether oxygens (including phenoxy) is 1. The van der Waals surface area contributed by atoms with Crippen LogP contribution in [-0.2, 0) is 16.3 Å². The van der Waals surface area contributed by atoms with Crippen LogP contribution in [0.25, 0.3) is 5.69 Å². The van der Waals surface area contributed by atoms with E-state index in [1.54, 1.807) is 31.4 Å². The molecule has 0 saturated carbocycles. The summed E-state index contributed by atoms with van der Waals surface area (Å²) < 4.78 is 32.1. The maximum absolute atomic E-state index is 13.5. The molecule has 1 atom stereocenters. The van der Waals surface area contributed by atoms with E-state index in [1.807, 2.05) is 47.4 Å². The van der Waals surface area contributed by atoms with Gasteiger partial charge in [-0.25, -0.2) is 8.42 Å². The lowest BCUT2D eigenvalue weighted by Crippen LogP contribution is -2.34. The van der Waals surface area contributed by atoms with Crippen LogP contribution in [0.3, 0.4) is 0 Å². The minimum absolute atomic E-state index is 0.216. The van der Waals surface area contributed by atoms with E-state index in [9.17, 15) is 13.5 Å². The Labute approximate surface area is 228 Å².